The fourth-order valence-electron chi connectivity index (χ4n) is 12.4. The number of anilines is 1. The van der Waals surface area contributed by atoms with Gasteiger partial charge in [-0.05, 0) is 148 Å². The van der Waals surface area contributed by atoms with Crippen molar-refractivity contribution in [3.05, 3.63) is 143 Å². The first-order valence-electron chi connectivity index (χ1n) is 21.1. The summed E-state index contributed by atoms with van der Waals surface area (Å²) in [6.07, 6.45) is 42.9. The van der Waals surface area contributed by atoms with Crippen molar-refractivity contribution in [2.24, 2.45) is 17.8 Å². The van der Waals surface area contributed by atoms with Crippen LogP contribution in [0.4, 0.5) is 5.69 Å². The fourth-order valence-corrected chi connectivity index (χ4v) is 12.4. The third kappa shape index (κ3) is 4.71. The van der Waals surface area contributed by atoms with Crippen LogP contribution in [0.5, 0.6) is 5.75 Å². The Morgan fingerprint density at radius 3 is 2.55 bits per heavy atom. The second-order valence-electron chi connectivity index (χ2n) is 17.5. The molecule has 270 valence electrons. The first-order chi connectivity index (χ1) is 26.1. The molecule has 0 aromatic heterocycles. The van der Waals surface area contributed by atoms with E-state index < -0.39 is 0 Å². The monoisotopic (exact) mass is 699 g/mol. The predicted molar refractivity (Wildman–Crippen MR) is 216 cm³/mol. The molecule has 7 unspecified atom stereocenters. The molecule has 3 nitrogen and oxygen atoms in total. The van der Waals surface area contributed by atoms with Gasteiger partial charge in [0.15, 0.2) is 0 Å². The topological polar surface area (TPSA) is 21.7 Å². The third-order valence-corrected chi connectivity index (χ3v) is 14.8. The zero-order valence-corrected chi connectivity index (χ0v) is 31.4. The highest BCUT2D eigenvalue weighted by Crippen LogP contribution is 2.65. The van der Waals surface area contributed by atoms with E-state index in [2.05, 4.69) is 115 Å². The lowest BCUT2D eigenvalue weighted by molar-refractivity contribution is 0.0523. The summed E-state index contributed by atoms with van der Waals surface area (Å²) in [4.78, 5) is 2.70. The molecule has 0 bridgehead atoms. The molecular formula is C50H53NO2. The Hall–Kier alpha value is -4.24. The molecule has 11 rings (SSSR count). The maximum Gasteiger partial charge on any atom is 0.127 e. The molecule has 1 spiro atoms. The molecule has 3 aliphatic heterocycles. The van der Waals surface area contributed by atoms with Gasteiger partial charge < -0.3 is 14.4 Å². The van der Waals surface area contributed by atoms with E-state index in [0.717, 1.165) is 50.0 Å². The average molecular weight is 700 g/mol. The van der Waals surface area contributed by atoms with Crippen molar-refractivity contribution in [2.75, 3.05) is 4.90 Å². The van der Waals surface area contributed by atoms with E-state index in [9.17, 15) is 0 Å². The van der Waals surface area contributed by atoms with Crippen molar-refractivity contribution in [1.82, 2.24) is 0 Å². The lowest BCUT2D eigenvalue weighted by Crippen LogP contribution is -2.55. The lowest BCUT2D eigenvalue weighted by atomic mass is 9.50. The largest absolute Gasteiger partial charge is 0.489 e. The molecule has 7 atom stereocenters. The van der Waals surface area contributed by atoms with E-state index in [4.69, 9.17) is 9.47 Å². The van der Waals surface area contributed by atoms with E-state index in [1.807, 2.05) is 0 Å². The van der Waals surface area contributed by atoms with Crippen molar-refractivity contribution in [3.63, 3.8) is 0 Å². The van der Waals surface area contributed by atoms with Crippen LogP contribution in [-0.2, 0) is 15.6 Å². The molecule has 0 N–H and O–H groups in total. The highest BCUT2D eigenvalue weighted by molar-refractivity contribution is 5.79. The summed E-state index contributed by atoms with van der Waals surface area (Å²) in [6.45, 7) is 2.44. The Labute approximate surface area is 316 Å². The van der Waals surface area contributed by atoms with Gasteiger partial charge in [-0.25, -0.2) is 0 Å². The summed E-state index contributed by atoms with van der Waals surface area (Å²) < 4.78 is 14.2. The Kier molecular flexibility index (Phi) is 7.54. The van der Waals surface area contributed by atoms with Gasteiger partial charge in [0.25, 0.3) is 0 Å². The van der Waals surface area contributed by atoms with Crippen LogP contribution in [0.1, 0.15) is 108 Å². The molecule has 9 aliphatic rings. The van der Waals surface area contributed by atoms with Gasteiger partial charge in [-0.15, -0.1) is 0 Å². The predicted octanol–water partition coefficient (Wildman–Crippen LogP) is 12.4. The number of benzene rings is 2. The van der Waals surface area contributed by atoms with Gasteiger partial charge in [0, 0.05) is 41.1 Å². The van der Waals surface area contributed by atoms with Crippen LogP contribution in [0, 0.1) is 17.8 Å². The number of rotatable bonds is 3. The van der Waals surface area contributed by atoms with Gasteiger partial charge in [0.1, 0.15) is 23.4 Å². The van der Waals surface area contributed by atoms with Crippen molar-refractivity contribution >= 4 is 5.69 Å². The molecule has 3 heterocycles. The van der Waals surface area contributed by atoms with E-state index in [0.29, 0.717) is 23.8 Å². The molecular weight excluding hydrogens is 647 g/mol. The van der Waals surface area contributed by atoms with Crippen LogP contribution >= 0.6 is 0 Å². The summed E-state index contributed by atoms with van der Waals surface area (Å²) in [6, 6.07) is 15.0. The summed E-state index contributed by atoms with van der Waals surface area (Å²) in [5.74, 6) is 4.99. The van der Waals surface area contributed by atoms with Gasteiger partial charge in [0.2, 0.25) is 0 Å². The van der Waals surface area contributed by atoms with Gasteiger partial charge in [-0.3, -0.25) is 0 Å². The minimum atomic E-state index is -0.216. The number of hydrogen-bond acceptors (Lipinski definition) is 3. The van der Waals surface area contributed by atoms with Crippen LogP contribution in [0.25, 0.3) is 11.1 Å². The van der Waals surface area contributed by atoms with Gasteiger partial charge >= 0.3 is 0 Å². The van der Waals surface area contributed by atoms with E-state index in [-0.39, 0.29) is 16.9 Å². The molecule has 0 saturated carbocycles. The smallest absolute Gasteiger partial charge is 0.127 e. The quantitative estimate of drug-likeness (QED) is 0.298. The zero-order valence-electron chi connectivity index (χ0n) is 31.4. The number of fused-ring (bicyclic) bond motifs is 9. The Morgan fingerprint density at radius 1 is 0.774 bits per heavy atom. The van der Waals surface area contributed by atoms with Gasteiger partial charge in [-0.2, -0.15) is 0 Å². The summed E-state index contributed by atoms with van der Waals surface area (Å²) in [7, 11) is 0. The molecule has 2 aromatic carbocycles. The van der Waals surface area contributed by atoms with E-state index in [1.165, 1.54) is 90.8 Å². The average Bonchev–Trinajstić information content (AvgIpc) is 3.48. The normalized spacial score (nSPS) is 34.8. The Balaban J connectivity index is 1.12. The van der Waals surface area contributed by atoms with Crippen molar-refractivity contribution in [1.29, 1.82) is 0 Å². The third-order valence-electron chi connectivity index (χ3n) is 14.8. The number of allylic oxidation sites excluding steroid dienone is 12. The van der Waals surface area contributed by atoms with Crippen LogP contribution in [0.15, 0.2) is 132 Å². The highest BCUT2D eigenvalue weighted by atomic mass is 16.5. The van der Waals surface area contributed by atoms with Crippen LogP contribution in [0.3, 0.4) is 0 Å². The van der Waals surface area contributed by atoms with Crippen LogP contribution < -0.4 is 9.64 Å². The molecule has 2 aromatic rings. The molecule has 53 heavy (non-hydrogen) atoms. The molecule has 0 radical (unpaired) electrons. The molecule has 6 aliphatic carbocycles. The van der Waals surface area contributed by atoms with Crippen LogP contribution in [0.2, 0.25) is 0 Å². The maximum atomic E-state index is 7.14. The lowest BCUT2D eigenvalue weighted by Gasteiger charge is -2.57. The second kappa shape index (κ2) is 12.4. The van der Waals surface area contributed by atoms with Crippen molar-refractivity contribution in [2.45, 2.75) is 120 Å². The number of hydrogen-bond donors (Lipinski definition) is 0. The summed E-state index contributed by atoms with van der Waals surface area (Å²) >= 11 is 0. The van der Waals surface area contributed by atoms with E-state index >= 15 is 0 Å². The Bertz CT molecular complexity index is 2120. The second-order valence-corrected chi connectivity index (χ2v) is 17.5. The molecule has 0 amide bonds. The molecule has 0 fully saturated rings. The van der Waals surface area contributed by atoms with Crippen molar-refractivity contribution < 1.29 is 9.47 Å². The molecule has 0 saturated heterocycles. The first kappa shape index (κ1) is 32.2. The van der Waals surface area contributed by atoms with E-state index in [1.54, 1.807) is 11.1 Å². The molecule has 3 heteroatoms. The number of ether oxygens (including phenoxy) is 2. The SMILES string of the molecule is CC12C=CC=CC1N(C1=CCCCC1)c1cc(-c3ccc4c(c3)C3(C5=C(CCCC5)OC5=C3C(C3CC=CCC3)CC=C5)C3CC=CCC3O4)ccc12. The highest BCUT2D eigenvalue weighted by Gasteiger charge is 2.60. The summed E-state index contributed by atoms with van der Waals surface area (Å²) in [5.41, 5.74) is 11.3. The number of nitrogens with zero attached hydrogens (tertiary/aromatic N) is 1. The maximum absolute atomic E-state index is 7.14. The first-order valence-corrected chi connectivity index (χ1v) is 21.1. The summed E-state index contributed by atoms with van der Waals surface area (Å²) in [5, 5.41) is 0. The minimum Gasteiger partial charge on any atom is -0.489 e. The van der Waals surface area contributed by atoms with Gasteiger partial charge in [0.05, 0.1) is 11.5 Å². The van der Waals surface area contributed by atoms with Gasteiger partial charge in [-0.1, -0.05) is 79.0 Å². The zero-order chi connectivity index (χ0) is 35.1. The van der Waals surface area contributed by atoms with Crippen LogP contribution in [-0.4, -0.2) is 12.1 Å². The standard InChI is InChI=1S/C50H53NO2/c1-49-30-13-12-25-47(49)51(36-17-6-3-7-18-36)42-32-35(26-28-38(42)49)34-27-29-45-41(31-34)50(39-20-8-10-22-43(39)52-45)40-21-9-11-23-44(40)53-46-24-14-19-37(48(46)50)33-15-4-2-5-16-33/h2,4,8,10,12-14,17,24-33,37,39,43,47H,3,5-7,9,11,15-16,18-23H2,1H3. The Morgan fingerprint density at radius 2 is 1.64 bits per heavy atom. The van der Waals surface area contributed by atoms with Crippen molar-refractivity contribution in [3.8, 4) is 16.9 Å². The fraction of sp³-hybridized carbons (Fsp3) is 0.440. The minimum absolute atomic E-state index is 0.0369.